The molecule has 0 saturated carbocycles. The summed E-state index contributed by atoms with van der Waals surface area (Å²) < 4.78 is 5.85. The molecule has 0 radical (unpaired) electrons. The van der Waals surface area contributed by atoms with Crippen molar-refractivity contribution in [2.45, 2.75) is 53.4 Å². The van der Waals surface area contributed by atoms with E-state index in [1.165, 1.54) is 43.0 Å². The molecule has 3 heterocycles. The van der Waals surface area contributed by atoms with Crippen LogP contribution in [0.2, 0.25) is 0 Å². The molecule has 0 aliphatic carbocycles. The lowest BCUT2D eigenvalue weighted by atomic mass is 9.91. The molecule has 1 N–H and O–H groups in total. The second-order valence-corrected chi connectivity index (χ2v) is 8.89. The van der Waals surface area contributed by atoms with E-state index in [1.807, 2.05) is 6.92 Å². The fourth-order valence-corrected chi connectivity index (χ4v) is 4.79. The molecule has 0 amide bonds. The minimum absolute atomic E-state index is 0.308. The smallest absolute Gasteiger partial charge is 0.227 e. The van der Waals surface area contributed by atoms with E-state index >= 15 is 0 Å². The van der Waals surface area contributed by atoms with Gasteiger partial charge in [0.2, 0.25) is 11.8 Å². The number of nitrogens with zero attached hydrogens (tertiary/aromatic N) is 2. The Morgan fingerprint density at radius 2 is 1.74 bits per heavy atom. The molecule has 4 nitrogen and oxygen atoms in total. The first-order valence-corrected chi connectivity index (χ1v) is 10.2. The Morgan fingerprint density at radius 1 is 1.04 bits per heavy atom. The molecule has 0 unspecified atom stereocenters. The van der Waals surface area contributed by atoms with Gasteiger partial charge in [0, 0.05) is 16.7 Å². The lowest BCUT2D eigenvalue weighted by molar-refractivity contribution is 0.393. The standard InChI is InChI=1S/C22H25N3OS/c1-7-18-24-25-21(26-18)22(5,6)17-11-16-14(4)19(23-20(16)27-17)15-9-12(2)8-13(3)10-15/h8-11,23H,7H2,1-6H3. The van der Waals surface area contributed by atoms with Crippen LogP contribution in [0.4, 0.5) is 0 Å². The number of fused-ring (bicyclic) bond motifs is 1. The molecule has 140 valence electrons. The third-order valence-corrected chi connectivity index (χ3v) is 6.55. The van der Waals surface area contributed by atoms with Crippen LogP contribution in [0.15, 0.2) is 28.7 Å². The largest absolute Gasteiger partial charge is 0.424 e. The van der Waals surface area contributed by atoms with Gasteiger partial charge >= 0.3 is 0 Å². The highest BCUT2D eigenvalue weighted by Gasteiger charge is 2.32. The Hall–Kier alpha value is -2.40. The van der Waals surface area contributed by atoms with Gasteiger partial charge in [0.1, 0.15) is 4.83 Å². The number of H-pyrrole nitrogens is 1. The minimum atomic E-state index is -0.308. The summed E-state index contributed by atoms with van der Waals surface area (Å²) in [6.45, 7) is 12.8. The summed E-state index contributed by atoms with van der Waals surface area (Å²) in [4.78, 5) is 6.07. The lowest BCUT2D eigenvalue weighted by Gasteiger charge is -2.18. The summed E-state index contributed by atoms with van der Waals surface area (Å²) in [6, 6.07) is 8.96. The van der Waals surface area contributed by atoms with Crippen molar-refractivity contribution in [3.63, 3.8) is 0 Å². The van der Waals surface area contributed by atoms with Crippen molar-refractivity contribution < 1.29 is 4.42 Å². The molecule has 0 saturated heterocycles. The van der Waals surface area contributed by atoms with Crippen molar-refractivity contribution in [1.82, 2.24) is 15.2 Å². The highest BCUT2D eigenvalue weighted by atomic mass is 32.1. The van der Waals surface area contributed by atoms with Gasteiger partial charge in [0.15, 0.2) is 0 Å². The summed E-state index contributed by atoms with van der Waals surface area (Å²) in [5.74, 6) is 1.36. The number of benzene rings is 1. The molecule has 3 aromatic heterocycles. The van der Waals surface area contributed by atoms with Gasteiger partial charge in [-0.15, -0.1) is 21.5 Å². The van der Waals surface area contributed by atoms with Crippen molar-refractivity contribution in [1.29, 1.82) is 0 Å². The van der Waals surface area contributed by atoms with E-state index < -0.39 is 0 Å². The molecule has 4 aromatic rings. The highest BCUT2D eigenvalue weighted by Crippen LogP contribution is 2.41. The van der Waals surface area contributed by atoms with E-state index in [1.54, 1.807) is 11.3 Å². The first-order valence-electron chi connectivity index (χ1n) is 9.33. The van der Waals surface area contributed by atoms with Gasteiger partial charge in [-0.1, -0.05) is 24.1 Å². The molecule has 4 rings (SSSR count). The zero-order valence-electron chi connectivity index (χ0n) is 16.7. The summed E-state index contributed by atoms with van der Waals surface area (Å²) in [6.07, 6.45) is 0.757. The van der Waals surface area contributed by atoms with E-state index in [0.29, 0.717) is 11.8 Å². The maximum absolute atomic E-state index is 5.85. The minimum Gasteiger partial charge on any atom is -0.424 e. The fourth-order valence-electron chi connectivity index (χ4n) is 3.57. The number of hydrogen-bond donors (Lipinski definition) is 1. The summed E-state index contributed by atoms with van der Waals surface area (Å²) in [7, 11) is 0. The van der Waals surface area contributed by atoms with Gasteiger partial charge in [-0.05, 0) is 63.9 Å². The van der Waals surface area contributed by atoms with Crippen LogP contribution in [0.3, 0.4) is 0 Å². The molecule has 0 aliphatic heterocycles. The van der Waals surface area contributed by atoms with Crippen molar-refractivity contribution in [3.8, 4) is 11.3 Å². The van der Waals surface area contributed by atoms with E-state index in [2.05, 4.69) is 74.1 Å². The van der Waals surface area contributed by atoms with Crippen molar-refractivity contribution in [2.24, 2.45) is 0 Å². The third kappa shape index (κ3) is 3.00. The topological polar surface area (TPSA) is 54.7 Å². The Bertz CT molecular complexity index is 1110. The molecule has 0 aliphatic rings. The van der Waals surface area contributed by atoms with E-state index in [0.717, 1.165) is 6.42 Å². The van der Waals surface area contributed by atoms with Crippen molar-refractivity contribution in [2.75, 3.05) is 0 Å². The van der Waals surface area contributed by atoms with Crippen LogP contribution in [0.25, 0.3) is 21.5 Å². The average molecular weight is 380 g/mol. The number of nitrogens with one attached hydrogen (secondary N) is 1. The number of aromatic nitrogens is 3. The number of hydrogen-bond acceptors (Lipinski definition) is 4. The van der Waals surface area contributed by atoms with Gasteiger partial charge < -0.3 is 9.40 Å². The number of aromatic amines is 1. The fraction of sp³-hybridized carbons (Fsp3) is 0.364. The van der Waals surface area contributed by atoms with E-state index in [9.17, 15) is 0 Å². The summed E-state index contributed by atoms with van der Waals surface area (Å²) in [5.41, 5.74) is 6.00. The zero-order chi connectivity index (χ0) is 19.3. The highest BCUT2D eigenvalue weighted by molar-refractivity contribution is 7.18. The summed E-state index contributed by atoms with van der Waals surface area (Å²) in [5, 5.41) is 9.68. The van der Waals surface area contributed by atoms with Crippen molar-refractivity contribution in [3.05, 3.63) is 57.6 Å². The summed E-state index contributed by atoms with van der Waals surface area (Å²) >= 11 is 1.77. The van der Waals surface area contributed by atoms with E-state index in [-0.39, 0.29) is 5.41 Å². The molecular weight excluding hydrogens is 354 g/mol. The van der Waals surface area contributed by atoms with Crippen LogP contribution in [0.5, 0.6) is 0 Å². The second-order valence-electron chi connectivity index (χ2n) is 7.83. The average Bonchev–Trinajstić information content (AvgIpc) is 3.30. The number of thiophene rings is 1. The molecule has 0 fully saturated rings. The van der Waals surface area contributed by atoms with Crippen LogP contribution in [-0.2, 0) is 11.8 Å². The van der Waals surface area contributed by atoms with E-state index in [4.69, 9.17) is 4.42 Å². The molecule has 0 spiro atoms. The first-order chi connectivity index (χ1) is 12.8. The Balaban J connectivity index is 1.78. The van der Waals surface area contributed by atoms with Crippen LogP contribution in [-0.4, -0.2) is 15.2 Å². The van der Waals surface area contributed by atoms with Gasteiger partial charge in [0.05, 0.1) is 11.1 Å². The Kier molecular flexibility index (Phi) is 4.22. The predicted molar refractivity (Wildman–Crippen MR) is 112 cm³/mol. The van der Waals surface area contributed by atoms with Crippen molar-refractivity contribution >= 4 is 21.6 Å². The number of rotatable bonds is 4. The normalized spacial score (nSPS) is 12.2. The lowest BCUT2D eigenvalue weighted by Crippen LogP contribution is -2.17. The maximum Gasteiger partial charge on any atom is 0.227 e. The predicted octanol–water partition coefficient (Wildman–Crippen LogP) is 6.09. The molecular formula is C22H25N3OS. The Morgan fingerprint density at radius 3 is 2.33 bits per heavy atom. The quantitative estimate of drug-likeness (QED) is 0.466. The monoisotopic (exact) mass is 379 g/mol. The molecule has 27 heavy (non-hydrogen) atoms. The van der Waals surface area contributed by atoms with Crippen LogP contribution >= 0.6 is 11.3 Å². The maximum atomic E-state index is 5.85. The van der Waals surface area contributed by atoms with Gasteiger partial charge in [-0.25, -0.2) is 0 Å². The molecule has 1 aromatic carbocycles. The van der Waals surface area contributed by atoms with Crippen LogP contribution in [0.1, 0.15) is 54.1 Å². The van der Waals surface area contributed by atoms with Crippen LogP contribution < -0.4 is 0 Å². The van der Waals surface area contributed by atoms with Gasteiger partial charge in [-0.2, -0.15) is 0 Å². The van der Waals surface area contributed by atoms with Crippen LogP contribution in [0, 0.1) is 20.8 Å². The zero-order valence-corrected chi connectivity index (χ0v) is 17.5. The first kappa shape index (κ1) is 18.0. The Labute approximate surface area is 163 Å². The molecule has 5 heteroatoms. The van der Waals surface area contributed by atoms with Gasteiger partial charge in [0.25, 0.3) is 0 Å². The number of aryl methyl sites for hydroxylation is 4. The SMILES string of the molecule is CCc1nnc(C(C)(C)c2cc3c(C)c(-c4cc(C)cc(C)c4)[nH]c3s2)o1. The van der Waals surface area contributed by atoms with Gasteiger partial charge in [-0.3, -0.25) is 0 Å². The third-order valence-electron chi connectivity index (χ3n) is 5.18. The molecule has 0 atom stereocenters. The second kappa shape index (κ2) is 6.34. The molecule has 0 bridgehead atoms.